The van der Waals surface area contributed by atoms with Crippen molar-refractivity contribution in [3.63, 3.8) is 0 Å². The summed E-state index contributed by atoms with van der Waals surface area (Å²) in [4.78, 5) is 14.3. The summed E-state index contributed by atoms with van der Waals surface area (Å²) < 4.78 is 0. The number of nitrogens with one attached hydrogen (secondary N) is 1. The third-order valence-corrected chi connectivity index (χ3v) is 4.54. The Kier molecular flexibility index (Phi) is 10.9. The van der Waals surface area contributed by atoms with Crippen LogP contribution >= 0.6 is 36.6 Å². The van der Waals surface area contributed by atoms with E-state index in [1.54, 1.807) is 0 Å². The van der Waals surface area contributed by atoms with Crippen molar-refractivity contribution in [1.82, 2.24) is 4.90 Å². The van der Waals surface area contributed by atoms with Crippen LogP contribution in [0, 0.1) is 6.92 Å². The summed E-state index contributed by atoms with van der Waals surface area (Å²) >= 11 is 2.02. The molecule has 0 spiro atoms. The third kappa shape index (κ3) is 7.77. The van der Waals surface area contributed by atoms with E-state index in [0.29, 0.717) is 6.42 Å². The molecule has 0 aromatic heterocycles. The van der Waals surface area contributed by atoms with Crippen LogP contribution in [-0.2, 0) is 11.3 Å². The van der Waals surface area contributed by atoms with Crippen molar-refractivity contribution in [3.8, 4) is 0 Å². The zero-order valence-electron chi connectivity index (χ0n) is 13.7. The molecule has 1 saturated heterocycles. The van der Waals surface area contributed by atoms with Crippen LogP contribution in [0.3, 0.4) is 0 Å². The van der Waals surface area contributed by atoms with Gasteiger partial charge in [-0.05, 0) is 31.0 Å². The van der Waals surface area contributed by atoms with Crippen molar-refractivity contribution in [2.45, 2.75) is 32.9 Å². The van der Waals surface area contributed by atoms with Crippen LogP contribution in [0.15, 0.2) is 18.2 Å². The molecule has 1 aliphatic rings. The van der Waals surface area contributed by atoms with Crippen LogP contribution in [0.4, 0.5) is 5.69 Å². The lowest BCUT2D eigenvalue weighted by atomic mass is 10.1. The van der Waals surface area contributed by atoms with Crippen molar-refractivity contribution >= 4 is 48.2 Å². The molecule has 0 radical (unpaired) electrons. The normalized spacial score (nSPS) is 16.0. The topological polar surface area (TPSA) is 58.4 Å². The molecule has 1 aromatic carbocycles. The highest BCUT2D eigenvalue weighted by molar-refractivity contribution is 7.99. The third-order valence-electron chi connectivity index (χ3n) is 3.59. The van der Waals surface area contributed by atoms with E-state index in [1.807, 2.05) is 25.6 Å². The number of nitrogens with two attached hydrogens (primary N) is 1. The summed E-state index contributed by atoms with van der Waals surface area (Å²) in [5.74, 6) is 2.41. The molecule has 1 aromatic rings. The number of amides is 1. The van der Waals surface area contributed by atoms with Gasteiger partial charge in [-0.15, -0.1) is 24.8 Å². The number of hydrogen-bond acceptors (Lipinski definition) is 4. The molecule has 1 heterocycles. The fraction of sp³-hybridized carbons (Fsp3) is 0.562. The predicted octanol–water partition coefficient (Wildman–Crippen LogP) is 3.06. The highest BCUT2D eigenvalue weighted by Crippen LogP contribution is 2.20. The number of carbonyl (C=O) groups excluding carboxylic acids is 1. The second-order valence-electron chi connectivity index (χ2n) is 5.77. The molecular formula is C16H27Cl2N3OS. The van der Waals surface area contributed by atoms with Gasteiger partial charge in [0.25, 0.3) is 0 Å². The first-order valence-corrected chi connectivity index (χ1v) is 8.65. The van der Waals surface area contributed by atoms with Gasteiger partial charge < -0.3 is 11.1 Å². The Balaban J connectivity index is 0.00000242. The van der Waals surface area contributed by atoms with Crippen LogP contribution < -0.4 is 11.1 Å². The first-order valence-electron chi connectivity index (χ1n) is 7.49. The van der Waals surface area contributed by atoms with E-state index in [4.69, 9.17) is 5.73 Å². The number of rotatable bonds is 5. The highest BCUT2D eigenvalue weighted by atomic mass is 35.5. The van der Waals surface area contributed by atoms with Crippen LogP contribution in [0.25, 0.3) is 0 Å². The Labute approximate surface area is 155 Å². The predicted molar refractivity (Wildman–Crippen MR) is 105 cm³/mol. The molecule has 2 rings (SSSR count). The van der Waals surface area contributed by atoms with Gasteiger partial charge in [0.1, 0.15) is 0 Å². The Hall–Kier alpha value is -0.460. The molecule has 1 atom stereocenters. The second-order valence-corrected chi connectivity index (χ2v) is 6.99. The average Bonchev–Trinajstić information content (AvgIpc) is 2.43. The van der Waals surface area contributed by atoms with Crippen molar-refractivity contribution in [1.29, 1.82) is 0 Å². The Bertz CT molecular complexity index is 494. The van der Waals surface area contributed by atoms with E-state index < -0.39 is 0 Å². The summed E-state index contributed by atoms with van der Waals surface area (Å²) in [6.45, 7) is 7.10. The summed E-state index contributed by atoms with van der Waals surface area (Å²) in [6, 6.07) is 6.21. The first kappa shape index (κ1) is 22.5. The van der Waals surface area contributed by atoms with Gasteiger partial charge in [0.05, 0.1) is 0 Å². The maximum absolute atomic E-state index is 11.9. The molecule has 1 aliphatic heterocycles. The minimum Gasteiger partial charge on any atom is -0.327 e. The standard InChI is InChI=1S/C16H25N3OS.2ClH/c1-12-3-4-14(11-19-5-7-21-8-6-19)10-15(12)18-16(20)9-13(2)17;;/h3-4,10,13H,5-9,11,17H2,1-2H3,(H,18,20);2*1H. The molecular weight excluding hydrogens is 353 g/mol. The molecule has 1 amide bonds. The number of benzene rings is 1. The van der Waals surface area contributed by atoms with E-state index in [-0.39, 0.29) is 36.8 Å². The Morgan fingerprint density at radius 3 is 2.61 bits per heavy atom. The molecule has 1 fully saturated rings. The van der Waals surface area contributed by atoms with Gasteiger partial charge in [-0.3, -0.25) is 9.69 Å². The van der Waals surface area contributed by atoms with E-state index in [9.17, 15) is 4.79 Å². The SMILES string of the molecule is Cc1ccc(CN2CCSCC2)cc1NC(=O)CC(C)N.Cl.Cl. The van der Waals surface area contributed by atoms with Gasteiger partial charge in [-0.25, -0.2) is 0 Å². The monoisotopic (exact) mass is 379 g/mol. The number of aryl methyl sites for hydroxylation is 1. The number of halogens is 2. The average molecular weight is 380 g/mol. The molecule has 0 aliphatic carbocycles. The molecule has 132 valence electrons. The smallest absolute Gasteiger partial charge is 0.225 e. The lowest BCUT2D eigenvalue weighted by Crippen LogP contribution is -2.32. The minimum absolute atomic E-state index is 0. The lowest BCUT2D eigenvalue weighted by Gasteiger charge is -2.26. The highest BCUT2D eigenvalue weighted by Gasteiger charge is 2.12. The zero-order valence-corrected chi connectivity index (χ0v) is 16.2. The van der Waals surface area contributed by atoms with Gasteiger partial charge >= 0.3 is 0 Å². The second kappa shape index (κ2) is 11.2. The van der Waals surface area contributed by atoms with E-state index in [1.165, 1.54) is 17.1 Å². The van der Waals surface area contributed by atoms with Gasteiger partial charge in [-0.2, -0.15) is 11.8 Å². The molecule has 7 heteroatoms. The van der Waals surface area contributed by atoms with Gasteiger partial charge in [-0.1, -0.05) is 12.1 Å². The van der Waals surface area contributed by atoms with Gasteiger partial charge in [0.15, 0.2) is 0 Å². The van der Waals surface area contributed by atoms with Gasteiger partial charge in [0.2, 0.25) is 5.91 Å². The fourth-order valence-electron chi connectivity index (χ4n) is 2.41. The fourth-order valence-corrected chi connectivity index (χ4v) is 3.39. The number of nitrogens with zero attached hydrogens (tertiary/aromatic N) is 1. The largest absolute Gasteiger partial charge is 0.327 e. The number of anilines is 1. The Morgan fingerprint density at radius 1 is 1.35 bits per heavy atom. The maximum Gasteiger partial charge on any atom is 0.225 e. The van der Waals surface area contributed by atoms with Crippen LogP contribution in [-0.4, -0.2) is 41.4 Å². The van der Waals surface area contributed by atoms with E-state index in [0.717, 1.165) is 30.9 Å². The van der Waals surface area contributed by atoms with Gasteiger partial charge in [0, 0.05) is 49.3 Å². The maximum atomic E-state index is 11.9. The summed E-state index contributed by atoms with van der Waals surface area (Å²) in [5, 5.41) is 2.98. The summed E-state index contributed by atoms with van der Waals surface area (Å²) in [6.07, 6.45) is 0.354. The minimum atomic E-state index is -0.112. The number of thioether (sulfide) groups is 1. The van der Waals surface area contributed by atoms with Crippen molar-refractivity contribution in [2.24, 2.45) is 5.73 Å². The van der Waals surface area contributed by atoms with E-state index in [2.05, 4.69) is 28.4 Å². The summed E-state index contributed by atoms with van der Waals surface area (Å²) in [7, 11) is 0. The van der Waals surface area contributed by atoms with Crippen molar-refractivity contribution in [3.05, 3.63) is 29.3 Å². The van der Waals surface area contributed by atoms with Crippen LogP contribution in [0.2, 0.25) is 0 Å². The number of carbonyl (C=O) groups is 1. The zero-order chi connectivity index (χ0) is 15.2. The molecule has 0 saturated carbocycles. The van der Waals surface area contributed by atoms with Crippen LogP contribution in [0.1, 0.15) is 24.5 Å². The first-order chi connectivity index (χ1) is 10.0. The quantitative estimate of drug-likeness (QED) is 0.824. The van der Waals surface area contributed by atoms with E-state index >= 15 is 0 Å². The molecule has 1 unspecified atom stereocenters. The van der Waals surface area contributed by atoms with Crippen LogP contribution in [0.5, 0.6) is 0 Å². The molecule has 3 N–H and O–H groups in total. The number of hydrogen-bond donors (Lipinski definition) is 2. The lowest BCUT2D eigenvalue weighted by molar-refractivity contribution is -0.116. The molecule has 4 nitrogen and oxygen atoms in total. The Morgan fingerprint density at radius 2 is 2.00 bits per heavy atom. The van der Waals surface area contributed by atoms with Crippen molar-refractivity contribution in [2.75, 3.05) is 29.9 Å². The van der Waals surface area contributed by atoms with Crippen molar-refractivity contribution < 1.29 is 4.79 Å². The molecule has 23 heavy (non-hydrogen) atoms. The molecule has 0 bridgehead atoms. The summed E-state index contributed by atoms with van der Waals surface area (Å²) in [5.41, 5.74) is 8.92.